The Morgan fingerprint density at radius 3 is 2.54 bits per heavy atom. The zero-order valence-corrected chi connectivity index (χ0v) is 20.5. The summed E-state index contributed by atoms with van der Waals surface area (Å²) in [7, 11) is 0. The van der Waals surface area contributed by atoms with Crippen LogP contribution in [-0.4, -0.2) is 44.4 Å². The highest BCUT2D eigenvalue weighted by Crippen LogP contribution is 2.35. The first kappa shape index (κ1) is 25.3. The lowest BCUT2D eigenvalue weighted by atomic mass is 9.97. The summed E-state index contributed by atoms with van der Waals surface area (Å²) >= 11 is 1.45. The summed E-state index contributed by atoms with van der Waals surface area (Å²) in [4.78, 5) is 24.3. The Hall–Kier alpha value is -3.35. The second kappa shape index (κ2) is 9.84. The van der Waals surface area contributed by atoms with Crippen molar-refractivity contribution in [3.8, 4) is 0 Å². The van der Waals surface area contributed by atoms with Gasteiger partial charge in [-0.15, -0.1) is 11.3 Å². The van der Waals surface area contributed by atoms with Gasteiger partial charge in [-0.25, -0.2) is 13.8 Å². The van der Waals surface area contributed by atoms with Crippen LogP contribution in [0.25, 0.3) is 0 Å². The van der Waals surface area contributed by atoms with E-state index in [-0.39, 0.29) is 36.0 Å². The van der Waals surface area contributed by atoms with Crippen molar-refractivity contribution in [2.24, 2.45) is 5.16 Å². The first-order chi connectivity index (χ1) is 17.6. The van der Waals surface area contributed by atoms with Gasteiger partial charge < -0.3 is 9.74 Å². The van der Waals surface area contributed by atoms with Crippen LogP contribution < -0.4 is 0 Å². The number of nitrogens with zero attached hydrogens (tertiary/aromatic N) is 5. The fourth-order valence-electron chi connectivity index (χ4n) is 4.52. The molecule has 196 valence electrons. The lowest BCUT2D eigenvalue weighted by Crippen LogP contribution is -2.40. The van der Waals surface area contributed by atoms with Crippen LogP contribution >= 0.6 is 11.3 Å². The number of benzene rings is 1. The van der Waals surface area contributed by atoms with Crippen LogP contribution in [0.15, 0.2) is 34.8 Å². The predicted octanol–water partition coefficient (Wildman–Crippen LogP) is 5.22. The number of carbonyl (C=O) groups excluding carboxylic acids is 1. The molecule has 2 aliphatic rings. The number of carbonyl (C=O) groups is 1. The summed E-state index contributed by atoms with van der Waals surface area (Å²) < 4.78 is 67.9. The van der Waals surface area contributed by atoms with Crippen molar-refractivity contribution in [1.82, 2.24) is 19.7 Å². The fourth-order valence-corrected chi connectivity index (χ4v) is 5.52. The lowest BCUT2D eigenvalue weighted by Gasteiger charge is -2.31. The smallest absolute Gasteiger partial charge is 0.387 e. The number of hydrogen-bond donors (Lipinski definition) is 0. The van der Waals surface area contributed by atoms with Crippen molar-refractivity contribution in [2.75, 3.05) is 13.1 Å². The molecule has 3 aromatic rings. The van der Waals surface area contributed by atoms with Gasteiger partial charge in [-0.1, -0.05) is 11.2 Å². The minimum Gasteiger partial charge on any atom is -0.387 e. The number of amides is 1. The molecular formula is C24H22F5N5O2S. The summed E-state index contributed by atoms with van der Waals surface area (Å²) in [5.41, 5.74) is 0.194. The van der Waals surface area contributed by atoms with E-state index in [4.69, 9.17) is 4.84 Å². The van der Waals surface area contributed by atoms with Crippen molar-refractivity contribution in [1.29, 1.82) is 0 Å². The number of aryl methyl sites for hydroxylation is 1. The Balaban J connectivity index is 1.17. The van der Waals surface area contributed by atoms with Gasteiger partial charge in [-0.05, 0) is 38.0 Å². The minimum absolute atomic E-state index is 0.105. The molecule has 1 fully saturated rings. The van der Waals surface area contributed by atoms with Crippen molar-refractivity contribution in [3.63, 3.8) is 0 Å². The van der Waals surface area contributed by atoms with E-state index in [0.717, 1.165) is 15.8 Å². The number of rotatable bonds is 5. The first-order valence-electron chi connectivity index (χ1n) is 11.6. The van der Waals surface area contributed by atoms with Crippen LogP contribution in [-0.2, 0) is 22.4 Å². The van der Waals surface area contributed by atoms with Gasteiger partial charge in [0.1, 0.15) is 23.9 Å². The molecule has 0 saturated carbocycles. The van der Waals surface area contributed by atoms with E-state index in [9.17, 15) is 26.7 Å². The number of oxime groups is 1. The average Bonchev–Trinajstić information content (AvgIpc) is 3.59. The highest BCUT2D eigenvalue weighted by atomic mass is 32.1. The van der Waals surface area contributed by atoms with E-state index in [1.807, 2.05) is 5.38 Å². The van der Waals surface area contributed by atoms with Gasteiger partial charge in [0.15, 0.2) is 11.8 Å². The van der Waals surface area contributed by atoms with Crippen molar-refractivity contribution < 1.29 is 31.6 Å². The SMILES string of the molecule is Cc1cc(C(F)(F)F)nn1CC(=O)N1CCC(c2nc(C3=NO[C@H](c4c(F)cccc4F)C3)cs2)CC1. The molecule has 0 spiro atoms. The molecule has 2 aromatic heterocycles. The van der Waals surface area contributed by atoms with Crippen LogP contribution in [0.2, 0.25) is 0 Å². The minimum atomic E-state index is -4.56. The number of halogens is 5. The third kappa shape index (κ3) is 5.22. The maximum absolute atomic E-state index is 14.1. The molecule has 0 N–H and O–H groups in total. The molecule has 7 nitrogen and oxygen atoms in total. The largest absolute Gasteiger partial charge is 0.435 e. The van der Waals surface area contributed by atoms with E-state index >= 15 is 0 Å². The van der Waals surface area contributed by atoms with Crippen LogP contribution in [0, 0.1) is 18.6 Å². The molecule has 5 rings (SSSR count). The number of likely N-dealkylation sites (tertiary alicyclic amines) is 1. The summed E-state index contributed by atoms with van der Waals surface area (Å²) in [6, 6.07) is 4.56. The van der Waals surface area contributed by atoms with Gasteiger partial charge in [-0.3, -0.25) is 9.48 Å². The topological polar surface area (TPSA) is 72.6 Å². The molecule has 2 aliphatic heterocycles. The van der Waals surface area contributed by atoms with Crippen LogP contribution in [0.4, 0.5) is 22.0 Å². The molecule has 1 amide bonds. The fraction of sp³-hybridized carbons (Fsp3) is 0.417. The monoisotopic (exact) mass is 539 g/mol. The van der Waals surface area contributed by atoms with Crippen molar-refractivity contribution in [2.45, 2.75) is 50.9 Å². The van der Waals surface area contributed by atoms with Gasteiger partial charge in [0.2, 0.25) is 5.91 Å². The molecule has 37 heavy (non-hydrogen) atoms. The predicted molar refractivity (Wildman–Crippen MR) is 124 cm³/mol. The molecular weight excluding hydrogens is 517 g/mol. The normalized spacial score (nSPS) is 18.7. The van der Waals surface area contributed by atoms with Gasteiger partial charge in [0, 0.05) is 36.5 Å². The molecule has 0 aliphatic carbocycles. The Bertz CT molecular complexity index is 1320. The van der Waals surface area contributed by atoms with Crippen LogP contribution in [0.3, 0.4) is 0 Å². The molecule has 0 bridgehead atoms. The first-order valence-corrected chi connectivity index (χ1v) is 12.5. The maximum atomic E-state index is 14.1. The summed E-state index contributed by atoms with van der Waals surface area (Å²) in [5.74, 6) is -1.56. The third-order valence-electron chi connectivity index (χ3n) is 6.56. The van der Waals surface area contributed by atoms with Gasteiger partial charge in [0.25, 0.3) is 0 Å². The Labute approximate surface area is 212 Å². The van der Waals surface area contributed by atoms with E-state index in [1.54, 1.807) is 4.90 Å². The van der Waals surface area contributed by atoms with E-state index < -0.39 is 29.6 Å². The highest BCUT2D eigenvalue weighted by Gasteiger charge is 2.35. The number of thiazole rings is 1. The highest BCUT2D eigenvalue weighted by molar-refractivity contribution is 7.10. The second-order valence-corrected chi connectivity index (χ2v) is 9.91. The number of aromatic nitrogens is 3. The molecule has 13 heteroatoms. The van der Waals surface area contributed by atoms with E-state index in [0.29, 0.717) is 37.3 Å². The number of piperidine rings is 1. The number of alkyl halides is 3. The molecule has 1 saturated heterocycles. The quantitative estimate of drug-likeness (QED) is 0.417. The number of hydrogen-bond acceptors (Lipinski definition) is 6. The Morgan fingerprint density at radius 1 is 1.19 bits per heavy atom. The van der Waals surface area contributed by atoms with Crippen molar-refractivity contribution >= 4 is 23.0 Å². The Morgan fingerprint density at radius 2 is 1.89 bits per heavy atom. The van der Waals surface area contributed by atoms with Gasteiger partial charge >= 0.3 is 6.18 Å². The van der Waals surface area contributed by atoms with E-state index in [2.05, 4.69) is 15.2 Å². The summed E-state index contributed by atoms with van der Waals surface area (Å²) in [5, 5.41) is 10.2. The molecule has 4 heterocycles. The van der Waals surface area contributed by atoms with Crippen LogP contribution in [0.1, 0.15) is 58.9 Å². The third-order valence-corrected chi connectivity index (χ3v) is 7.57. The van der Waals surface area contributed by atoms with Gasteiger partial charge in [0.05, 0.1) is 16.3 Å². The van der Waals surface area contributed by atoms with Crippen molar-refractivity contribution in [3.05, 3.63) is 68.9 Å². The van der Waals surface area contributed by atoms with Crippen LogP contribution in [0.5, 0.6) is 0 Å². The lowest BCUT2D eigenvalue weighted by molar-refractivity contribution is -0.142. The zero-order valence-electron chi connectivity index (χ0n) is 19.6. The molecule has 0 radical (unpaired) electrons. The zero-order chi connectivity index (χ0) is 26.3. The molecule has 1 atom stereocenters. The molecule has 1 aromatic carbocycles. The summed E-state index contributed by atoms with van der Waals surface area (Å²) in [6.07, 6.45) is -3.93. The molecule has 0 unspecified atom stereocenters. The second-order valence-electron chi connectivity index (χ2n) is 9.02. The van der Waals surface area contributed by atoms with E-state index in [1.165, 1.54) is 36.5 Å². The Kier molecular flexibility index (Phi) is 6.73. The maximum Gasteiger partial charge on any atom is 0.435 e. The average molecular weight is 540 g/mol. The summed E-state index contributed by atoms with van der Waals surface area (Å²) in [6.45, 7) is 2.13. The standard InChI is InChI=1S/C24H22F5N5O2S/c1-13-9-20(24(27,28)29)31-34(13)11-21(35)33-7-5-14(6-8-33)23-30-18(12-37-23)17-10-19(36-32-17)22-15(25)3-2-4-16(22)26/h2-4,9,12,14,19H,5-8,10-11H2,1H3/t19-/m0/s1. The van der Waals surface area contributed by atoms with Gasteiger partial charge in [-0.2, -0.15) is 18.3 Å².